The van der Waals surface area contributed by atoms with Gasteiger partial charge in [-0.25, -0.2) is 4.98 Å². The van der Waals surface area contributed by atoms with E-state index < -0.39 is 0 Å². The molecule has 0 aromatic carbocycles. The third-order valence-electron chi connectivity index (χ3n) is 2.71. The van der Waals surface area contributed by atoms with Gasteiger partial charge in [-0.1, -0.05) is 0 Å². The van der Waals surface area contributed by atoms with Crippen LogP contribution in [0.2, 0.25) is 0 Å². The standard InChI is InChI=1S/C11H17N3O2/c1-2-16-11(15)4-3-9-7-13-10-8-12-5-6-14(9)10/h7,12H,2-6,8H2,1H3. The molecule has 1 N–H and O–H groups in total. The van der Waals surface area contributed by atoms with E-state index in [0.29, 0.717) is 19.4 Å². The van der Waals surface area contributed by atoms with E-state index >= 15 is 0 Å². The lowest BCUT2D eigenvalue weighted by molar-refractivity contribution is -0.143. The van der Waals surface area contributed by atoms with Crippen molar-refractivity contribution < 1.29 is 9.53 Å². The van der Waals surface area contributed by atoms with E-state index in [-0.39, 0.29) is 5.97 Å². The summed E-state index contributed by atoms with van der Waals surface area (Å²) in [6.07, 6.45) is 3.01. The average Bonchev–Trinajstić information content (AvgIpc) is 2.70. The Hall–Kier alpha value is -1.36. The lowest BCUT2D eigenvalue weighted by Crippen LogP contribution is -2.29. The van der Waals surface area contributed by atoms with E-state index in [9.17, 15) is 4.79 Å². The highest BCUT2D eigenvalue weighted by molar-refractivity contribution is 5.69. The molecule has 0 amide bonds. The summed E-state index contributed by atoms with van der Waals surface area (Å²) in [4.78, 5) is 15.6. The SMILES string of the molecule is CCOC(=O)CCc1cnc2n1CCNC2. The Morgan fingerprint density at radius 2 is 2.56 bits per heavy atom. The number of aryl methyl sites for hydroxylation is 1. The molecule has 0 aliphatic carbocycles. The van der Waals surface area contributed by atoms with Gasteiger partial charge in [0.2, 0.25) is 0 Å². The van der Waals surface area contributed by atoms with Crippen LogP contribution < -0.4 is 5.32 Å². The molecule has 88 valence electrons. The van der Waals surface area contributed by atoms with Crippen molar-refractivity contribution in [3.63, 3.8) is 0 Å². The molecule has 2 rings (SSSR count). The zero-order chi connectivity index (χ0) is 11.4. The number of carbonyl (C=O) groups is 1. The van der Waals surface area contributed by atoms with Gasteiger partial charge in [0.25, 0.3) is 0 Å². The van der Waals surface area contributed by atoms with E-state index in [2.05, 4.69) is 14.9 Å². The first-order chi connectivity index (χ1) is 7.81. The molecule has 2 heterocycles. The van der Waals surface area contributed by atoms with E-state index in [1.54, 1.807) is 0 Å². The van der Waals surface area contributed by atoms with Gasteiger partial charge < -0.3 is 14.6 Å². The molecule has 5 heteroatoms. The van der Waals surface area contributed by atoms with Gasteiger partial charge in [-0.2, -0.15) is 0 Å². The zero-order valence-electron chi connectivity index (χ0n) is 9.53. The first kappa shape index (κ1) is 11.1. The average molecular weight is 223 g/mol. The molecule has 16 heavy (non-hydrogen) atoms. The molecule has 0 atom stereocenters. The summed E-state index contributed by atoms with van der Waals surface area (Å²) in [6.45, 7) is 5.00. The third-order valence-corrected chi connectivity index (χ3v) is 2.71. The van der Waals surface area contributed by atoms with Crippen LogP contribution in [0.25, 0.3) is 0 Å². The quantitative estimate of drug-likeness (QED) is 0.754. The molecule has 1 aliphatic rings. The highest BCUT2D eigenvalue weighted by atomic mass is 16.5. The number of fused-ring (bicyclic) bond motifs is 1. The highest BCUT2D eigenvalue weighted by Gasteiger charge is 2.14. The molecular weight excluding hydrogens is 206 g/mol. The topological polar surface area (TPSA) is 56.1 Å². The maximum Gasteiger partial charge on any atom is 0.306 e. The lowest BCUT2D eigenvalue weighted by atomic mass is 10.2. The Morgan fingerprint density at radius 3 is 3.38 bits per heavy atom. The molecular formula is C11H17N3O2. The van der Waals surface area contributed by atoms with Gasteiger partial charge in [0.15, 0.2) is 0 Å². The van der Waals surface area contributed by atoms with Crippen molar-refractivity contribution >= 4 is 5.97 Å². The van der Waals surface area contributed by atoms with Gasteiger partial charge >= 0.3 is 5.97 Å². The molecule has 0 spiro atoms. The van der Waals surface area contributed by atoms with Crippen molar-refractivity contribution in [1.29, 1.82) is 0 Å². The Morgan fingerprint density at radius 1 is 1.69 bits per heavy atom. The fourth-order valence-electron chi connectivity index (χ4n) is 1.92. The molecule has 0 fully saturated rings. The van der Waals surface area contributed by atoms with Gasteiger partial charge in [0, 0.05) is 25.0 Å². The number of aromatic nitrogens is 2. The minimum atomic E-state index is -0.132. The summed E-state index contributed by atoms with van der Waals surface area (Å²) in [5.74, 6) is 0.928. The fourth-order valence-corrected chi connectivity index (χ4v) is 1.92. The molecule has 0 saturated carbocycles. The highest BCUT2D eigenvalue weighted by Crippen LogP contribution is 2.11. The van der Waals surface area contributed by atoms with E-state index in [1.807, 2.05) is 13.1 Å². The second-order valence-electron chi connectivity index (χ2n) is 3.80. The minimum absolute atomic E-state index is 0.132. The minimum Gasteiger partial charge on any atom is -0.466 e. The Balaban J connectivity index is 1.94. The summed E-state index contributed by atoms with van der Waals surface area (Å²) < 4.78 is 7.09. The summed E-state index contributed by atoms with van der Waals surface area (Å²) in [6, 6.07) is 0. The van der Waals surface area contributed by atoms with E-state index in [1.165, 1.54) is 0 Å². The fraction of sp³-hybridized carbons (Fsp3) is 0.636. The van der Waals surface area contributed by atoms with Crippen molar-refractivity contribution in [2.24, 2.45) is 0 Å². The Labute approximate surface area is 94.8 Å². The van der Waals surface area contributed by atoms with Crippen molar-refractivity contribution in [2.45, 2.75) is 32.9 Å². The number of hydrogen-bond acceptors (Lipinski definition) is 4. The first-order valence-corrected chi connectivity index (χ1v) is 5.71. The van der Waals surface area contributed by atoms with E-state index in [4.69, 9.17) is 4.74 Å². The van der Waals surface area contributed by atoms with Gasteiger partial charge in [-0.3, -0.25) is 4.79 Å². The van der Waals surface area contributed by atoms with Crippen LogP contribution in [0.1, 0.15) is 24.9 Å². The number of imidazole rings is 1. The maximum atomic E-state index is 11.2. The van der Waals surface area contributed by atoms with Crippen LogP contribution >= 0.6 is 0 Å². The largest absolute Gasteiger partial charge is 0.466 e. The van der Waals surface area contributed by atoms with Crippen molar-refractivity contribution in [1.82, 2.24) is 14.9 Å². The Bertz CT molecular complexity index is 373. The number of nitrogens with zero attached hydrogens (tertiary/aromatic N) is 2. The smallest absolute Gasteiger partial charge is 0.306 e. The molecule has 5 nitrogen and oxygen atoms in total. The summed E-state index contributed by atoms with van der Waals surface area (Å²) >= 11 is 0. The van der Waals surface area contributed by atoms with Crippen LogP contribution in [0.15, 0.2) is 6.20 Å². The zero-order valence-corrected chi connectivity index (χ0v) is 9.53. The number of hydrogen-bond donors (Lipinski definition) is 1. The van der Waals surface area contributed by atoms with Crippen LogP contribution in [0, 0.1) is 0 Å². The van der Waals surface area contributed by atoms with E-state index in [0.717, 1.165) is 31.2 Å². The van der Waals surface area contributed by atoms with Gasteiger partial charge in [0.1, 0.15) is 5.82 Å². The van der Waals surface area contributed by atoms with Crippen LogP contribution in [0.3, 0.4) is 0 Å². The van der Waals surface area contributed by atoms with Crippen molar-refractivity contribution in [3.05, 3.63) is 17.7 Å². The van der Waals surface area contributed by atoms with Crippen LogP contribution in [-0.2, 0) is 29.0 Å². The number of esters is 1. The lowest BCUT2D eigenvalue weighted by Gasteiger charge is -2.17. The third kappa shape index (κ3) is 2.41. The molecule has 0 saturated heterocycles. The molecule has 0 unspecified atom stereocenters. The monoisotopic (exact) mass is 223 g/mol. The predicted octanol–water partition coefficient (Wildman–Crippen LogP) is 0.482. The summed E-state index contributed by atoms with van der Waals surface area (Å²) in [7, 11) is 0. The molecule has 0 bridgehead atoms. The summed E-state index contributed by atoms with van der Waals surface area (Å²) in [5.41, 5.74) is 1.13. The molecule has 1 aromatic rings. The van der Waals surface area contributed by atoms with Crippen molar-refractivity contribution in [2.75, 3.05) is 13.2 Å². The first-order valence-electron chi connectivity index (χ1n) is 5.71. The maximum absolute atomic E-state index is 11.2. The number of ether oxygens (including phenoxy) is 1. The number of carbonyl (C=O) groups excluding carboxylic acids is 1. The van der Waals surface area contributed by atoms with Crippen LogP contribution in [-0.4, -0.2) is 28.7 Å². The van der Waals surface area contributed by atoms with Gasteiger partial charge in [-0.05, 0) is 13.3 Å². The second kappa shape index (κ2) is 5.12. The number of rotatable bonds is 4. The van der Waals surface area contributed by atoms with Crippen molar-refractivity contribution in [3.8, 4) is 0 Å². The number of nitrogens with one attached hydrogen (secondary N) is 1. The van der Waals surface area contributed by atoms with Crippen LogP contribution in [0.4, 0.5) is 0 Å². The van der Waals surface area contributed by atoms with Crippen LogP contribution in [0.5, 0.6) is 0 Å². The predicted molar refractivity (Wildman–Crippen MR) is 58.9 cm³/mol. The van der Waals surface area contributed by atoms with Gasteiger partial charge in [-0.15, -0.1) is 0 Å². The van der Waals surface area contributed by atoms with Gasteiger partial charge in [0.05, 0.1) is 19.6 Å². The summed E-state index contributed by atoms with van der Waals surface area (Å²) in [5, 5.41) is 3.26. The normalized spacial score (nSPS) is 14.6. The molecule has 0 radical (unpaired) electrons. The Kier molecular flexibility index (Phi) is 3.56. The second-order valence-corrected chi connectivity index (χ2v) is 3.80. The molecule has 1 aromatic heterocycles. The molecule has 1 aliphatic heterocycles.